The molecule has 1 aliphatic heterocycles. The Morgan fingerprint density at radius 1 is 1.23 bits per heavy atom. The Labute approximate surface area is 81.5 Å². The topological polar surface area (TPSA) is 29.3 Å². The van der Waals surface area contributed by atoms with Crippen LogP contribution in [0.2, 0.25) is 0 Å². The molecule has 1 aliphatic carbocycles. The van der Waals surface area contributed by atoms with Crippen molar-refractivity contribution in [3.05, 3.63) is 0 Å². The Bertz CT molecular complexity index is 182. The van der Waals surface area contributed by atoms with Gasteiger partial charge in [-0.15, -0.1) is 0 Å². The molecule has 2 rings (SSSR count). The molecule has 76 valence electrons. The van der Waals surface area contributed by atoms with Gasteiger partial charge in [-0.05, 0) is 24.2 Å². The van der Waals surface area contributed by atoms with Gasteiger partial charge in [-0.25, -0.2) is 0 Å². The van der Waals surface area contributed by atoms with Gasteiger partial charge in [-0.2, -0.15) is 0 Å². The maximum absolute atomic E-state index is 6.01. The van der Waals surface area contributed by atoms with E-state index in [-0.39, 0.29) is 0 Å². The minimum Gasteiger partial charge on any atom is -0.326 e. The molecule has 2 nitrogen and oxygen atoms in total. The lowest BCUT2D eigenvalue weighted by atomic mass is 9.68. The molecule has 0 aromatic carbocycles. The summed E-state index contributed by atoms with van der Waals surface area (Å²) in [6, 6.07) is 1.26. The van der Waals surface area contributed by atoms with Crippen LogP contribution < -0.4 is 5.73 Å². The van der Waals surface area contributed by atoms with Crippen LogP contribution in [0.4, 0.5) is 0 Å². The molecular weight excluding hydrogens is 160 g/mol. The standard InChI is InChI=1S/C11H22N2/c1-8-6-13(7-10(8)12)9-4-11(2,3)5-9/h8-10H,4-7,12H2,1-3H3. The third-order valence-corrected chi connectivity index (χ3v) is 3.79. The molecule has 0 bridgehead atoms. The summed E-state index contributed by atoms with van der Waals surface area (Å²) in [6.45, 7) is 9.35. The second kappa shape index (κ2) is 2.96. The van der Waals surface area contributed by atoms with Gasteiger partial charge in [0, 0.05) is 25.2 Å². The lowest BCUT2D eigenvalue weighted by Gasteiger charge is -2.47. The third kappa shape index (κ3) is 1.75. The van der Waals surface area contributed by atoms with Gasteiger partial charge in [0.05, 0.1) is 0 Å². The zero-order valence-electron chi connectivity index (χ0n) is 9.09. The molecule has 0 aromatic rings. The van der Waals surface area contributed by atoms with Gasteiger partial charge in [0.2, 0.25) is 0 Å². The summed E-state index contributed by atoms with van der Waals surface area (Å²) in [5.74, 6) is 0.698. The molecule has 2 N–H and O–H groups in total. The molecule has 0 radical (unpaired) electrons. The van der Waals surface area contributed by atoms with Crippen molar-refractivity contribution < 1.29 is 0 Å². The molecule has 2 heteroatoms. The predicted octanol–water partition coefficient (Wildman–Crippen LogP) is 1.45. The summed E-state index contributed by atoms with van der Waals surface area (Å²) in [6.07, 6.45) is 2.74. The van der Waals surface area contributed by atoms with E-state index in [0.717, 1.165) is 12.6 Å². The predicted molar refractivity (Wildman–Crippen MR) is 55.5 cm³/mol. The van der Waals surface area contributed by atoms with Crippen LogP contribution >= 0.6 is 0 Å². The molecule has 1 saturated heterocycles. The number of hydrogen-bond donors (Lipinski definition) is 1. The first-order valence-electron chi connectivity index (χ1n) is 5.47. The van der Waals surface area contributed by atoms with Crippen LogP contribution in [0.25, 0.3) is 0 Å². The van der Waals surface area contributed by atoms with E-state index in [1.807, 2.05) is 0 Å². The first kappa shape index (κ1) is 9.47. The lowest BCUT2D eigenvalue weighted by molar-refractivity contribution is 0.0381. The highest BCUT2D eigenvalue weighted by Crippen LogP contribution is 2.43. The van der Waals surface area contributed by atoms with Gasteiger partial charge in [0.25, 0.3) is 0 Å². The first-order valence-corrected chi connectivity index (χ1v) is 5.47. The summed E-state index contributed by atoms with van der Waals surface area (Å²) < 4.78 is 0. The Kier molecular flexibility index (Phi) is 2.16. The highest BCUT2D eigenvalue weighted by Gasteiger charge is 2.42. The number of likely N-dealkylation sites (tertiary alicyclic amines) is 1. The fourth-order valence-corrected chi connectivity index (χ4v) is 2.80. The highest BCUT2D eigenvalue weighted by atomic mass is 15.2. The van der Waals surface area contributed by atoms with Crippen molar-refractivity contribution in [3.8, 4) is 0 Å². The summed E-state index contributed by atoms with van der Waals surface area (Å²) in [7, 11) is 0. The molecule has 0 aromatic heterocycles. The smallest absolute Gasteiger partial charge is 0.0206 e. The Morgan fingerprint density at radius 2 is 1.85 bits per heavy atom. The summed E-state index contributed by atoms with van der Waals surface area (Å²) in [5, 5.41) is 0. The second-order valence-corrected chi connectivity index (χ2v) is 5.82. The van der Waals surface area contributed by atoms with Crippen LogP contribution in [-0.4, -0.2) is 30.1 Å². The number of hydrogen-bond acceptors (Lipinski definition) is 2. The van der Waals surface area contributed by atoms with Crippen LogP contribution in [0.3, 0.4) is 0 Å². The molecule has 2 unspecified atom stereocenters. The molecule has 0 amide bonds. The van der Waals surface area contributed by atoms with Crippen LogP contribution in [0.15, 0.2) is 0 Å². The van der Waals surface area contributed by atoms with Crippen molar-refractivity contribution >= 4 is 0 Å². The molecule has 2 aliphatic rings. The first-order chi connectivity index (χ1) is 5.98. The van der Waals surface area contributed by atoms with E-state index in [1.165, 1.54) is 19.4 Å². The second-order valence-electron chi connectivity index (χ2n) is 5.82. The fraction of sp³-hybridized carbons (Fsp3) is 1.00. The van der Waals surface area contributed by atoms with Gasteiger partial charge < -0.3 is 5.73 Å². The van der Waals surface area contributed by atoms with E-state index in [9.17, 15) is 0 Å². The Morgan fingerprint density at radius 3 is 2.23 bits per heavy atom. The Hall–Kier alpha value is -0.0800. The normalized spacial score (nSPS) is 40.6. The highest BCUT2D eigenvalue weighted by molar-refractivity contribution is 4.97. The van der Waals surface area contributed by atoms with Crippen molar-refractivity contribution in [1.82, 2.24) is 4.90 Å². The number of nitrogens with two attached hydrogens (primary N) is 1. The lowest BCUT2D eigenvalue weighted by Crippen LogP contribution is -2.48. The van der Waals surface area contributed by atoms with E-state index in [2.05, 4.69) is 25.7 Å². The number of nitrogens with zero attached hydrogens (tertiary/aromatic N) is 1. The molecule has 0 spiro atoms. The van der Waals surface area contributed by atoms with Crippen LogP contribution in [0, 0.1) is 11.3 Å². The van der Waals surface area contributed by atoms with Crippen LogP contribution in [-0.2, 0) is 0 Å². The van der Waals surface area contributed by atoms with Crippen molar-refractivity contribution in [2.24, 2.45) is 17.1 Å². The summed E-state index contributed by atoms with van der Waals surface area (Å²) in [4.78, 5) is 2.60. The summed E-state index contributed by atoms with van der Waals surface area (Å²) in [5.41, 5.74) is 6.61. The largest absolute Gasteiger partial charge is 0.326 e. The third-order valence-electron chi connectivity index (χ3n) is 3.79. The zero-order chi connectivity index (χ0) is 9.64. The molecule has 1 heterocycles. The molecule has 1 saturated carbocycles. The summed E-state index contributed by atoms with van der Waals surface area (Å²) >= 11 is 0. The van der Waals surface area contributed by atoms with Crippen molar-refractivity contribution in [1.29, 1.82) is 0 Å². The Balaban J connectivity index is 1.85. The minimum absolute atomic E-state index is 0.420. The van der Waals surface area contributed by atoms with Gasteiger partial charge >= 0.3 is 0 Å². The van der Waals surface area contributed by atoms with Crippen molar-refractivity contribution in [2.45, 2.75) is 45.7 Å². The van der Waals surface area contributed by atoms with E-state index >= 15 is 0 Å². The fourth-order valence-electron chi connectivity index (χ4n) is 2.80. The molecule has 2 fully saturated rings. The van der Waals surface area contributed by atoms with Crippen LogP contribution in [0.1, 0.15) is 33.6 Å². The van der Waals surface area contributed by atoms with E-state index < -0.39 is 0 Å². The van der Waals surface area contributed by atoms with Gasteiger partial charge in [0.15, 0.2) is 0 Å². The maximum Gasteiger partial charge on any atom is 0.0206 e. The van der Waals surface area contributed by atoms with Gasteiger partial charge in [0.1, 0.15) is 0 Å². The number of rotatable bonds is 1. The van der Waals surface area contributed by atoms with Crippen molar-refractivity contribution in [2.75, 3.05) is 13.1 Å². The van der Waals surface area contributed by atoms with E-state index in [0.29, 0.717) is 17.4 Å². The van der Waals surface area contributed by atoms with Gasteiger partial charge in [-0.3, -0.25) is 4.90 Å². The average Bonchev–Trinajstić information content (AvgIpc) is 2.27. The monoisotopic (exact) mass is 182 g/mol. The molecule has 2 atom stereocenters. The van der Waals surface area contributed by atoms with Crippen molar-refractivity contribution in [3.63, 3.8) is 0 Å². The van der Waals surface area contributed by atoms with Gasteiger partial charge in [-0.1, -0.05) is 20.8 Å². The SMILES string of the molecule is CC1CN(C2CC(C)(C)C2)CC1N. The van der Waals surface area contributed by atoms with Crippen LogP contribution in [0.5, 0.6) is 0 Å². The molecular formula is C11H22N2. The quantitative estimate of drug-likeness (QED) is 0.665. The van der Waals surface area contributed by atoms with E-state index in [1.54, 1.807) is 0 Å². The maximum atomic E-state index is 6.01. The zero-order valence-corrected chi connectivity index (χ0v) is 9.09. The minimum atomic E-state index is 0.420. The van der Waals surface area contributed by atoms with E-state index in [4.69, 9.17) is 5.73 Å². The average molecular weight is 182 g/mol. The molecule has 13 heavy (non-hydrogen) atoms.